The molecule has 0 unspecified atom stereocenters. The number of nitrogens with one attached hydrogen (secondary N) is 1. The van der Waals surface area contributed by atoms with Crippen LogP contribution in [0.25, 0.3) is 5.69 Å². The fourth-order valence-corrected chi connectivity index (χ4v) is 3.42. The van der Waals surface area contributed by atoms with Crippen LogP contribution in [0.2, 0.25) is 0 Å². The Morgan fingerprint density at radius 3 is 2.82 bits per heavy atom. The van der Waals surface area contributed by atoms with Crippen molar-refractivity contribution in [2.45, 2.75) is 19.3 Å². The summed E-state index contributed by atoms with van der Waals surface area (Å²) in [5.41, 5.74) is 2.41. The zero-order chi connectivity index (χ0) is 19.5. The Morgan fingerprint density at radius 2 is 2.00 bits per heavy atom. The van der Waals surface area contributed by atoms with E-state index in [1.165, 1.54) is 22.9 Å². The van der Waals surface area contributed by atoms with Gasteiger partial charge in [-0.3, -0.25) is 4.79 Å². The Bertz CT molecular complexity index is 1020. The first-order valence-corrected chi connectivity index (χ1v) is 9.16. The number of fused-ring (bicyclic) bond motifs is 1. The third kappa shape index (κ3) is 3.60. The second-order valence-electron chi connectivity index (χ2n) is 6.55. The van der Waals surface area contributed by atoms with Gasteiger partial charge < -0.3 is 10.1 Å². The lowest BCUT2D eigenvalue weighted by Crippen LogP contribution is -2.29. The first-order valence-electron chi connectivity index (χ1n) is 9.16. The summed E-state index contributed by atoms with van der Waals surface area (Å²) in [5, 5.41) is 7.15. The lowest BCUT2D eigenvalue weighted by atomic mass is 10.2. The monoisotopic (exact) mass is 383 g/mol. The fourth-order valence-electron chi connectivity index (χ4n) is 3.42. The Hall–Kier alpha value is -3.22. The molecule has 0 bridgehead atoms. The summed E-state index contributed by atoms with van der Waals surface area (Å²) in [6.07, 6.45) is 2.41. The van der Waals surface area contributed by atoms with Gasteiger partial charge in [-0.05, 0) is 43.5 Å². The number of halogens is 2. The maximum atomic E-state index is 14.2. The largest absolute Gasteiger partial charge is 0.492 e. The molecule has 5 nitrogen and oxygen atoms in total. The normalized spacial score (nSPS) is 12.6. The molecule has 1 aliphatic rings. The molecule has 0 aliphatic heterocycles. The minimum absolute atomic E-state index is 0.200. The second kappa shape index (κ2) is 7.80. The Labute approximate surface area is 160 Å². The number of nitrogens with zero attached hydrogens (tertiary/aromatic N) is 2. The van der Waals surface area contributed by atoms with Crippen LogP contribution in [0.3, 0.4) is 0 Å². The maximum absolute atomic E-state index is 14.2. The predicted octanol–water partition coefficient (Wildman–Crippen LogP) is 3.45. The van der Waals surface area contributed by atoms with E-state index in [0.29, 0.717) is 17.1 Å². The third-order valence-corrected chi connectivity index (χ3v) is 4.68. The van der Waals surface area contributed by atoms with Crippen molar-refractivity contribution in [2.75, 3.05) is 13.2 Å². The molecule has 0 radical (unpaired) electrons. The van der Waals surface area contributed by atoms with Crippen molar-refractivity contribution in [1.29, 1.82) is 0 Å². The number of carbonyl (C=O) groups is 1. The van der Waals surface area contributed by atoms with Crippen molar-refractivity contribution in [3.63, 3.8) is 0 Å². The molecule has 1 amide bonds. The highest BCUT2D eigenvalue weighted by atomic mass is 19.1. The van der Waals surface area contributed by atoms with Crippen LogP contribution in [0.15, 0.2) is 48.5 Å². The van der Waals surface area contributed by atoms with Crippen LogP contribution in [0, 0.1) is 11.6 Å². The Kier molecular flexibility index (Phi) is 5.06. The summed E-state index contributed by atoms with van der Waals surface area (Å²) < 4.78 is 34.3. The van der Waals surface area contributed by atoms with Gasteiger partial charge in [-0.2, -0.15) is 5.10 Å². The average Bonchev–Trinajstić information content (AvgIpc) is 3.28. The van der Waals surface area contributed by atoms with Gasteiger partial charge in [0.05, 0.1) is 6.54 Å². The Morgan fingerprint density at radius 1 is 1.14 bits per heavy atom. The first-order chi connectivity index (χ1) is 13.6. The van der Waals surface area contributed by atoms with Crippen LogP contribution in [-0.2, 0) is 12.8 Å². The summed E-state index contributed by atoms with van der Waals surface area (Å²) >= 11 is 0. The van der Waals surface area contributed by atoms with E-state index < -0.39 is 0 Å². The van der Waals surface area contributed by atoms with Gasteiger partial charge in [0.15, 0.2) is 5.69 Å². The molecule has 3 aromatic rings. The van der Waals surface area contributed by atoms with Crippen LogP contribution in [-0.4, -0.2) is 28.8 Å². The van der Waals surface area contributed by atoms with Crippen molar-refractivity contribution >= 4 is 5.91 Å². The minimum Gasteiger partial charge on any atom is -0.492 e. The molecular weight excluding hydrogens is 364 g/mol. The number of carbonyl (C=O) groups excluding carboxylic acids is 1. The molecule has 7 heteroatoms. The maximum Gasteiger partial charge on any atom is 0.272 e. The molecule has 0 spiro atoms. The van der Waals surface area contributed by atoms with Gasteiger partial charge >= 0.3 is 0 Å². The summed E-state index contributed by atoms with van der Waals surface area (Å²) in [7, 11) is 0. The SMILES string of the molecule is O=C(NCCOc1cccc(F)c1)c1nn(-c2ccccc2F)c2c1CCC2. The summed E-state index contributed by atoms with van der Waals surface area (Å²) in [5.74, 6) is -0.680. The number of amides is 1. The molecule has 0 atom stereocenters. The van der Waals surface area contributed by atoms with Crippen molar-refractivity contribution in [2.24, 2.45) is 0 Å². The van der Waals surface area contributed by atoms with E-state index >= 15 is 0 Å². The molecular formula is C21H19F2N3O2. The van der Waals surface area contributed by atoms with E-state index in [9.17, 15) is 13.6 Å². The van der Waals surface area contributed by atoms with Crippen LogP contribution >= 0.6 is 0 Å². The van der Waals surface area contributed by atoms with Crippen molar-refractivity contribution in [3.8, 4) is 11.4 Å². The van der Waals surface area contributed by atoms with Crippen LogP contribution < -0.4 is 10.1 Å². The summed E-state index contributed by atoms with van der Waals surface area (Å²) in [6, 6.07) is 12.2. The standard InChI is InChI=1S/C21H19F2N3O2/c22-14-5-3-6-15(13-14)28-12-11-24-21(27)20-16-7-4-10-18(16)26(25-20)19-9-2-1-8-17(19)23/h1-3,5-6,8-9,13H,4,7,10-12H2,(H,24,27). The summed E-state index contributed by atoms with van der Waals surface area (Å²) in [4.78, 5) is 12.6. The van der Waals surface area contributed by atoms with E-state index in [1.54, 1.807) is 30.3 Å². The van der Waals surface area contributed by atoms with E-state index in [4.69, 9.17) is 4.74 Å². The van der Waals surface area contributed by atoms with E-state index in [0.717, 1.165) is 30.5 Å². The molecule has 0 saturated carbocycles. The minimum atomic E-state index is -0.379. The molecule has 144 valence electrons. The topological polar surface area (TPSA) is 56.1 Å². The van der Waals surface area contributed by atoms with Gasteiger partial charge in [0, 0.05) is 17.3 Å². The van der Waals surface area contributed by atoms with Gasteiger partial charge in [0.25, 0.3) is 5.91 Å². The number of rotatable bonds is 6. The molecule has 28 heavy (non-hydrogen) atoms. The molecule has 2 aromatic carbocycles. The second-order valence-corrected chi connectivity index (χ2v) is 6.55. The highest BCUT2D eigenvalue weighted by molar-refractivity contribution is 5.94. The Balaban J connectivity index is 1.45. The number of benzene rings is 2. The quantitative estimate of drug-likeness (QED) is 0.664. The van der Waals surface area contributed by atoms with Crippen molar-refractivity contribution in [1.82, 2.24) is 15.1 Å². The molecule has 1 heterocycles. The number of hydrogen-bond acceptors (Lipinski definition) is 3. The van der Waals surface area contributed by atoms with Crippen LogP contribution in [0.4, 0.5) is 8.78 Å². The first kappa shape index (κ1) is 18.2. The highest BCUT2D eigenvalue weighted by Gasteiger charge is 2.27. The lowest BCUT2D eigenvalue weighted by Gasteiger charge is -2.08. The number of hydrogen-bond donors (Lipinski definition) is 1. The van der Waals surface area contributed by atoms with Gasteiger partial charge in [0.1, 0.15) is 29.7 Å². The average molecular weight is 383 g/mol. The number of para-hydroxylation sites is 1. The number of aromatic nitrogens is 2. The van der Waals surface area contributed by atoms with Crippen molar-refractivity contribution < 1.29 is 18.3 Å². The van der Waals surface area contributed by atoms with E-state index in [1.807, 2.05) is 0 Å². The van der Waals surface area contributed by atoms with E-state index in [2.05, 4.69) is 10.4 Å². The molecule has 0 saturated heterocycles. The van der Waals surface area contributed by atoms with Crippen LogP contribution in [0.1, 0.15) is 28.2 Å². The fraction of sp³-hybridized carbons (Fsp3) is 0.238. The molecule has 1 aliphatic carbocycles. The zero-order valence-electron chi connectivity index (χ0n) is 15.1. The highest BCUT2D eigenvalue weighted by Crippen LogP contribution is 2.28. The molecule has 1 N–H and O–H groups in total. The lowest BCUT2D eigenvalue weighted by molar-refractivity contribution is 0.0940. The zero-order valence-corrected chi connectivity index (χ0v) is 15.1. The van der Waals surface area contributed by atoms with Gasteiger partial charge in [-0.15, -0.1) is 0 Å². The third-order valence-electron chi connectivity index (χ3n) is 4.68. The van der Waals surface area contributed by atoms with Gasteiger partial charge in [0.2, 0.25) is 0 Å². The predicted molar refractivity (Wildman–Crippen MR) is 99.8 cm³/mol. The summed E-state index contributed by atoms with van der Waals surface area (Å²) in [6.45, 7) is 0.447. The molecule has 1 aromatic heterocycles. The van der Waals surface area contributed by atoms with Crippen LogP contribution in [0.5, 0.6) is 5.75 Å². The number of ether oxygens (including phenoxy) is 1. The van der Waals surface area contributed by atoms with Crippen molar-refractivity contribution in [3.05, 3.63) is 77.1 Å². The van der Waals surface area contributed by atoms with Gasteiger partial charge in [-0.1, -0.05) is 18.2 Å². The molecule has 4 rings (SSSR count). The smallest absolute Gasteiger partial charge is 0.272 e. The van der Waals surface area contributed by atoms with E-state index in [-0.39, 0.29) is 30.7 Å². The molecule has 0 fully saturated rings. The van der Waals surface area contributed by atoms with Gasteiger partial charge in [-0.25, -0.2) is 13.5 Å².